The molecule has 2 N–H and O–H groups in total. The zero-order valence-corrected chi connectivity index (χ0v) is 18.8. The molecule has 1 aliphatic carbocycles. The molecule has 0 amide bonds. The van der Waals surface area contributed by atoms with Gasteiger partial charge in [0.05, 0.1) is 6.54 Å². The van der Waals surface area contributed by atoms with Crippen molar-refractivity contribution in [2.75, 3.05) is 44.3 Å². The quantitative estimate of drug-likeness (QED) is 0.230. The molecule has 152 valence electrons. The number of nitrogens with one attached hydrogen (secondary N) is 2. The Morgan fingerprint density at radius 2 is 2.11 bits per heavy atom. The summed E-state index contributed by atoms with van der Waals surface area (Å²) in [5.74, 6) is 2.79. The fraction of sp³-hybridized carbons (Fsp3) is 0.700. The summed E-state index contributed by atoms with van der Waals surface area (Å²) in [6.07, 6.45) is 8.14. The number of hydrogen-bond donors (Lipinski definition) is 2. The predicted octanol–water partition coefficient (Wildman–Crippen LogP) is 3.17. The van der Waals surface area contributed by atoms with Crippen molar-refractivity contribution in [2.24, 2.45) is 10.9 Å². The minimum Gasteiger partial charge on any atom is -0.381 e. The summed E-state index contributed by atoms with van der Waals surface area (Å²) < 4.78 is 5.68. The highest BCUT2D eigenvalue weighted by molar-refractivity contribution is 14.0. The molecule has 1 aromatic heterocycles. The molecule has 1 saturated heterocycles. The van der Waals surface area contributed by atoms with Crippen molar-refractivity contribution in [3.05, 3.63) is 23.9 Å². The van der Waals surface area contributed by atoms with Gasteiger partial charge in [-0.2, -0.15) is 0 Å². The van der Waals surface area contributed by atoms with E-state index < -0.39 is 0 Å². The third-order valence-corrected chi connectivity index (χ3v) is 4.81. The van der Waals surface area contributed by atoms with Crippen molar-refractivity contribution < 1.29 is 4.74 Å². The second-order valence-corrected chi connectivity index (χ2v) is 7.21. The van der Waals surface area contributed by atoms with Crippen LogP contribution in [-0.4, -0.2) is 50.3 Å². The molecule has 7 heteroatoms. The maximum absolute atomic E-state index is 5.68. The van der Waals surface area contributed by atoms with Crippen LogP contribution < -0.4 is 15.5 Å². The first kappa shape index (κ1) is 22.2. The van der Waals surface area contributed by atoms with E-state index in [1.165, 1.54) is 31.2 Å². The van der Waals surface area contributed by atoms with E-state index in [0.717, 1.165) is 63.5 Å². The van der Waals surface area contributed by atoms with E-state index in [0.29, 0.717) is 6.54 Å². The molecule has 0 spiro atoms. The molecule has 3 rings (SSSR count). The molecular formula is C20H34IN5O. The lowest BCUT2D eigenvalue weighted by atomic mass is 10.2. The second kappa shape index (κ2) is 12.4. The molecule has 0 radical (unpaired) electrons. The van der Waals surface area contributed by atoms with E-state index in [1.54, 1.807) is 0 Å². The van der Waals surface area contributed by atoms with E-state index in [2.05, 4.69) is 39.6 Å². The molecule has 1 saturated carbocycles. The van der Waals surface area contributed by atoms with E-state index in [-0.39, 0.29) is 24.0 Å². The normalized spacial score (nSPS) is 16.9. The minimum absolute atomic E-state index is 0. The standard InChI is InChI=1S/C20H33N5O.HI/c1-2-21-20(23-9-5-13-26-16-17-6-7-17)24-15-18-8-10-22-19(14-18)25-11-3-4-12-25;/h8,10,14,17H,2-7,9,11-13,15-16H2,1H3,(H2,21,23,24);1H. The number of pyridine rings is 1. The zero-order chi connectivity index (χ0) is 18.0. The number of halogens is 1. The van der Waals surface area contributed by atoms with Gasteiger partial charge >= 0.3 is 0 Å². The molecule has 0 atom stereocenters. The first-order chi connectivity index (χ1) is 12.8. The monoisotopic (exact) mass is 487 g/mol. The second-order valence-electron chi connectivity index (χ2n) is 7.21. The lowest BCUT2D eigenvalue weighted by Gasteiger charge is -2.16. The van der Waals surface area contributed by atoms with Gasteiger partial charge in [0.2, 0.25) is 0 Å². The summed E-state index contributed by atoms with van der Waals surface area (Å²) in [4.78, 5) is 11.6. The minimum atomic E-state index is 0. The molecule has 0 unspecified atom stereocenters. The van der Waals surface area contributed by atoms with Gasteiger partial charge in [-0.05, 0) is 62.6 Å². The molecule has 2 fully saturated rings. The molecule has 6 nitrogen and oxygen atoms in total. The van der Waals surface area contributed by atoms with Gasteiger partial charge in [-0.15, -0.1) is 24.0 Å². The largest absolute Gasteiger partial charge is 0.381 e. The van der Waals surface area contributed by atoms with Crippen molar-refractivity contribution in [3.8, 4) is 0 Å². The van der Waals surface area contributed by atoms with Crippen LogP contribution in [0.25, 0.3) is 0 Å². The van der Waals surface area contributed by atoms with Crippen molar-refractivity contribution in [1.29, 1.82) is 0 Å². The third kappa shape index (κ3) is 8.21. The fourth-order valence-corrected chi connectivity index (χ4v) is 3.11. The highest BCUT2D eigenvalue weighted by Crippen LogP contribution is 2.28. The van der Waals surface area contributed by atoms with E-state index in [9.17, 15) is 0 Å². The van der Waals surface area contributed by atoms with Gasteiger partial charge in [-0.1, -0.05) is 0 Å². The molecular weight excluding hydrogens is 453 g/mol. The Balaban J connectivity index is 0.00000261. The van der Waals surface area contributed by atoms with Crippen LogP contribution in [0.4, 0.5) is 5.82 Å². The zero-order valence-electron chi connectivity index (χ0n) is 16.5. The van der Waals surface area contributed by atoms with Crippen molar-refractivity contribution in [1.82, 2.24) is 15.6 Å². The fourth-order valence-electron chi connectivity index (χ4n) is 3.11. The Morgan fingerprint density at radius 1 is 1.30 bits per heavy atom. The van der Waals surface area contributed by atoms with Crippen molar-refractivity contribution in [2.45, 2.75) is 45.6 Å². The number of anilines is 1. The van der Waals surface area contributed by atoms with Crippen LogP contribution in [0.15, 0.2) is 23.3 Å². The van der Waals surface area contributed by atoms with E-state index in [1.807, 2.05) is 6.20 Å². The Hall–Kier alpha value is -1.09. The van der Waals surface area contributed by atoms with Crippen LogP contribution in [0.3, 0.4) is 0 Å². The number of aromatic nitrogens is 1. The summed E-state index contributed by atoms with van der Waals surface area (Å²) in [6.45, 7) is 8.50. The molecule has 2 aliphatic rings. The number of rotatable bonds is 10. The molecule has 0 aromatic carbocycles. The number of aliphatic imine (C=N–C) groups is 1. The third-order valence-electron chi connectivity index (χ3n) is 4.81. The SMILES string of the molecule is CCNC(=NCc1ccnc(N2CCCC2)c1)NCCCOCC1CC1.I. The summed E-state index contributed by atoms with van der Waals surface area (Å²) in [7, 11) is 0. The average molecular weight is 487 g/mol. The van der Waals surface area contributed by atoms with Gasteiger partial charge in [0.25, 0.3) is 0 Å². The van der Waals surface area contributed by atoms with E-state index in [4.69, 9.17) is 9.73 Å². The van der Waals surface area contributed by atoms with Gasteiger partial charge in [-0.25, -0.2) is 9.98 Å². The Bertz CT molecular complexity index is 573. The molecule has 2 heterocycles. The lowest BCUT2D eigenvalue weighted by Crippen LogP contribution is -2.38. The smallest absolute Gasteiger partial charge is 0.191 e. The number of guanidine groups is 1. The number of ether oxygens (including phenoxy) is 1. The van der Waals surface area contributed by atoms with Gasteiger partial charge in [0, 0.05) is 45.6 Å². The first-order valence-electron chi connectivity index (χ1n) is 10.1. The molecule has 1 aromatic rings. The Kier molecular flexibility index (Phi) is 10.2. The van der Waals surface area contributed by atoms with Gasteiger partial charge in [0.1, 0.15) is 5.82 Å². The first-order valence-corrected chi connectivity index (χ1v) is 10.1. The van der Waals surface area contributed by atoms with Crippen LogP contribution in [0.1, 0.15) is 44.6 Å². The predicted molar refractivity (Wildman–Crippen MR) is 122 cm³/mol. The number of hydrogen-bond acceptors (Lipinski definition) is 4. The van der Waals surface area contributed by atoms with Crippen LogP contribution in [-0.2, 0) is 11.3 Å². The lowest BCUT2D eigenvalue weighted by molar-refractivity contribution is 0.123. The van der Waals surface area contributed by atoms with Gasteiger partial charge in [0.15, 0.2) is 5.96 Å². The molecule has 0 bridgehead atoms. The van der Waals surface area contributed by atoms with Gasteiger partial charge in [-0.3, -0.25) is 0 Å². The summed E-state index contributed by atoms with van der Waals surface area (Å²) in [6, 6.07) is 4.22. The van der Waals surface area contributed by atoms with E-state index >= 15 is 0 Å². The molecule has 1 aliphatic heterocycles. The van der Waals surface area contributed by atoms with Crippen molar-refractivity contribution in [3.63, 3.8) is 0 Å². The van der Waals surface area contributed by atoms with Crippen molar-refractivity contribution >= 4 is 35.8 Å². The highest BCUT2D eigenvalue weighted by atomic mass is 127. The van der Waals surface area contributed by atoms with Crippen LogP contribution in [0, 0.1) is 5.92 Å². The van der Waals surface area contributed by atoms with Crippen LogP contribution in [0.5, 0.6) is 0 Å². The number of nitrogens with zero attached hydrogens (tertiary/aromatic N) is 3. The Labute approximate surface area is 180 Å². The Morgan fingerprint density at radius 3 is 2.85 bits per heavy atom. The topological polar surface area (TPSA) is 61.8 Å². The highest BCUT2D eigenvalue weighted by Gasteiger charge is 2.20. The van der Waals surface area contributed by atoms with Crippen LogP contribution >= 0.6 is 24.0 Å². The summed E-state index contributed by atoms with van der Waals surface area (Å²) in [5, 5.41) is 6.71. The average Bonchev–Trinajstić information content (AvgIpc) is 3.32. The summed E-state index contributed by atoms with van der Waals surface area (Å²) >= 11 is 0. The maximum Gasteiger partial charge on any atom is 0.191 e. The van der Waals surface area contributed by atoms with Crippen LogP contribution in [0.2, 0.25) is 0 Å². The van der Waals surface area contributed by atoms with Gasteiger partial charge < -0.3 is 20.3 Å². The maximum atomic E-state index is 5.68. The molecule has 27 heavy (non-hydrogen) atoms. The summed E-state index contributed by atoms with van der Waals surface area (Å²) in [5.41, 5.74) is 1.20.